The minimum Gasteiger partial charge on any atom is -0.454 e. The third-order valence-corrected chi connectivity index (χ3v) is 5.17. The number of ether oxygens (including phenoxy) is 4. The first-order valence-electron chi connectivity index (χ1n) is 10.5. The molecule has 0 aromatic heterocycles. The van der Waals surface area contributed by atoms with Crippen LogP contribution in [0.15, 0.2) is 85.2 Å². The van der Waals surface area contributed by atoms with Crippen LogP contribution in [0.2, 0.25) is 0 Å². The second kappa shape index (κ2) is 9.41. The van der Waals surface area contributed by atoms with Crippen LogP contribution in [0.25, 0.3) is 0 Å². The van der Waals surface area contributed by atoms with Gasteiger partial charge in [-0.1, -0.05) is 0 Å². The minimum absolute atomic E-state index is 0.152. The van der Waals surface area contributed by atoms with E-state index in [2.05, 4.69) is 10.6 Å². The molecule has 2 N–H and O–H groups in total. The summed E-state index contributed by atoms with van der Waals surface area (Å²) < 4.78 is 21.1. The van der Waals surface area contributed by atoms with Crippen molar-refractivity contribution in [1.82, 2.24) is 0 Å². The maximum atomic E-state index is 12.3. The highest BCUT2D eigenvalue weighted by molar-refractivity contribution is 6.05. The van der Waals surface area contributed by atoms with E-state index in [0.29, 0.717) is 34.1 Å². The number of nitrogens with one attached hydrogen (secondary N) is 2. The average molecular weight is 456 g/mol. The number of carbonyl (C=O) groups excluding carboxylic acids is 2. The Bertz CT molecular complexity index is 1200. The number of hydrogen-bond donors (Lipinski definition) is 2. The topological polar surface area (TPSA) is 95.1 Å². The quantitative estimate of drug-likeness (QED) is 0.370. The molecule has 5 rings (SSSR count). The highest BCUT2D eigenvalue weighted by atomic mass is 16.7. The van der Waals surface area contributed by atoms with Crippen molar-refractivity contribution in [3.63, 3.8) is 0 Å². The minimum atomic E-state index is -0.152. The Hall–Kier alpha value is -4.72. The lowest BCUT2D eigenvalue weighted by Gasteiger charge is -2.04. The molecular formula is C26H20N2O6. The van der Waals surface area contributed by atoms with Gasteiger partial charge in [0.2, 0.25) is 13.6 Å². The van der Waals surface area contributed by atoms with Crippen LogP contribution in [0.1, 0.15) is 20.7 Å². The van der Waals surface area contributed by atoms with Gasteiger partial charge in [0.25, 0.3) is 0 Å². The normalized spacial score (nSPS) is 13.4. The van der Waals surface area contributed by atoms with E-state index in [4.69, 9.17) is 18.9 Å². The largest absolute Gasteiger partial charge is 0.454 e. The van der Waals surface area contributed by atoms with Gasteiger partial charge in [-0.05, 0) is 60.7 Å². The molecule has 0 saturated heterocycles. The molecule has 0 unspecified atom stereocenters. The predicted molar refractivity (Wildman–Crippen MR) is 126 cm³/mol. The Morgan fingerprint density at radius 3 is 1.44 bits per heavy atom. The molecule has 3 aromatic carbocycles. The van der Waals surface area contributed by atoms with Crippen LogP contribution in [0.5, 0.6) is 23.0 Å². The third-order valence-electron chi connectivity index (χ3n) is 5.17. The van der Waals surface area contributed by atoms with Gasteiger partial charge in [0, 0.05) is 47.1 Å². The van der Waals surface area contributed by atoms with Crippen LogP contribution in [0, 0.1) is 0 Å². The standard InChI is InChI=1S/C26H20N2O6/c29-21(17-1-7-23-25(13-17)33-15-31-23)9-11-27-19-3-5-20(6-4-19)28-12-10-22(30)18-2-8-24-26(14-18)34-16-32-24/h1-14,27-28H,15-16H2/b11-9-,12-10+. The summed E-state index contributed by atoms with van der Waals surface area (Å²) in [5.74, 6) is 2.12. The van der Waals surface area contributed by atoms with Crippen LogP contribution >= 0.6 is 0 Å². The van der Waals surface area contributed by atoms with Crippen molar-refractivity contribution >= 4 is 22.9 Å². The molecule has 2 heterocycles. The van der Waals surface area contributed by atoms with Gasteiger partial charge in [-0.25, -0.2) is 0 Å². The number of anilines is 2. The smallest absolute Gasteiger partial charge is 0.231 e. The highest BCUT2D eigenvalue weighted by Crippen LogP contribution is 2.33. The second-order valence-corrected chi connectivity index (χ2v) is 7.40. The molecule has 0 radical (unpaired) electrons. The summed E-state index contributed by atoms with van der Waals surface area (Å²) in [6, 6.07) is 17.6. The van der Waals surface area contributed by atoms with Crippen LogP contribution in [0.4, 0.5) is 11.4 Å². The Morgan fingerprint density at radius 1 is 0.588 bits per heavy atom. The zero-order chi connectivity index (χ0) is 23.3. The van der Waals surface area contributed by atoms with Crippen LogP contribution < -0.4 is 29.6 Å². The van der Waals surface area contributed by atoms with Crippen molar-refractivity contribution in [3.8, 4) is 23.0 Å². The van der Waals surface area contributed by atoms with E-state index in [1.807, 2.05) is 24.3 Å². The van der Waals surface area contributed by atoms with E-state index in [0.717, 1.165) is 11.4 Å². The fraction of sp³-hybridized carbons (Fsp3) is 0.0769. The molecule has 0 saturated carbocycles. The van der Waals surface area contributed by atoms with Gasteiger partial charge in [-0.3, -0.25) is 9.59 Å². The summed E-state index contributed by atoms with van der Waals surface area (Å²) in [4.78, 5) is 24.7. The molecule has 3 aromatic rings. The van der Waals surface area contributed by atoms with E-state index in [9.17, 15) is 9.59 Å². The first kappa shape index (κ1) is 21.1. The Balaban J connectivity index is 1.12. The SMILES string of the molecule is O=C(/C=C\Nc1ccc(N/C=C/C(=O)c2ccc3c(c2)OCO3)cc1)c1ccc2c(c1)OCO2. The zero-order valence-corrected chi connectivity index (χ0v) is 17.9. The molecule has 0 fully saturated rings. The second-order valence-electron chi connectivity index (χ2n) is 7.40. The number of benzene rings is 3. The van der Waals surface area contributed by atoms with Gasteiger partial charge < -0.3 is 29.6 Å². The number of carbonyl (C=O) groups is 2. The molecule has 0 bridgehead atoms. The maximum Gasteiger partial charge on any atom is 0.231 e. The molecule has 0 aliphatic carbocycles. The van der Waals surface area contributed by atoms with E-state index >= 15 is 0 Å². The fourth-order valence-electron chi connectivity index (χ4n) is 3.38. The summed E-state index contributed by atoms with van der Waals surface area (Å²) in [5.41, 5.74) is 2.65. The van der Waals surface area contributed by atoms with Gasteiger partial charge in [-0.15, -0.1) is 0 Å². The summed E-state index contributed by atoms with van der Waals surface area (Å²) >= 11 is 0. The molecular weight excluding hydrogens is 436 g/mol. The predicted octanol–water partition coefficient (Wildman–Crippen LogP) is 4.76. The molecule has 8 heteroatoms. The number of ketones is 2. The number of hydrogen-bond acceptors (Lipinski definition) is 8. The van der Waals surface area contributed by atoms with Crippen molar-refractivity contribution in [3.05, 3.63) is 96.3 Å². The number of rotatable bonds is 8. The van der Waals surface area contributed by atoms with Crippen molar-refractivity contribution in [2.45, 2.75) is 0 Å². The lowest BCUT2D eigenvalue weighted by Crippen LogP contribution is -1.97. The zero-order valence-electron chi connectivity index (χ0n) is 17.9. The molecule has 0 atom stereocenters. The summed E-state index contributed by atoms with van der Waals surface area (Å²) in [6.45, 7) is 0.336. The van der Waals surface area contributed by atoms with Crippen molar-refractivity contribution in [2.75, 3.05) is 24.2 Å². The lowest BCUT2D eigenvalue weighted by atomic mass is 10.1. The number of fused-ring (bicyclic) bond motifs is 2. The molecule has 2 aliphatic rings. The maximum absolute atomic E-state index is 12.3. The molecule has 0 spiro atoms. The van der Waals surface area contributed by atoms with Crippen molar-refractivity contribution < 1.29 is 28.5 Å². The first-order valence-corrected chi connectivity index (χ1v) is 10.5. The molecule has 170 valence electrons. The van der Waals surface area contributed by atoms with E-state index in [-0.39, 0.29) is 25.2 Å². The van der Waals surface area contributed by atoms with Crippen molar-refractivity contribution in [1.29, 1.82) is 0 Å². The van der Waals surface area contributed by atoms with Crippen LogP contribution in [-0.4, -0.2) is 25.2 Å². The van der Waals surface area contributed by atoms with Gasteiger partial charge in [-0.2, -0.15) is 0 Å². The summed E-state index contributed by atoms with van der Waals surface area (Å²) in [7, 11) is 0. The lowest BCUT2D eigenvalue weighted by molar-refractivity contribution is 0.103. The Kier molecular flexibility index (Phi) is 5.85. The van der Waals surface area contributed by atoms with Gasteiger partial charge in [0.05, 0.1) is 0 Å². The van der Waals surface area contributed by atoms with Crippen molar-refractivity contribution in [2.24, 2.45) is 0 Å². The monoisotopic (exact) mass is 456 g/mol. The van der Waals surface area contributed by atoms with E-state index in [1.54, 1.807) is 48.8 Å². The fourth-order valence-corrected chi connectivity index (χ4v) is 3.38. The average Bonchev–Trinajstić information content (AvgIpc) is 3.53. The molecule has 34 heavy (non-hydrogen) atoms. The van der Waals surface area contributed by atoms with Gasteiger partial charge >= 0.3 is 0 Å². The molecule has 2 aliphatic heterocycles. The van der Waals surface area contributed by atoms with E-state index < -0.39 is 0 Å². The van der Waals surface area contributed by atoms with Gasteiger partial charge in [0.15, 0.2) is 34.6 Å². The Labute approximate surface area is 195 Å². The van der Waals surface area contributed by atoms with Gasteiger partial charge in [0.1, 0.15) is 0 Å². The summed E-state index contributed by atoms with van der Waals surface area (Å²) in [6.07, 6.45) is 6.07. The molecule has 0 amide bonds. The number of allylic oxidation sites excluding steroid dienone is 2. The van der Waals surface area contributed by atoms with Crippen LogP contribution in [0.3, 0.4) is 0 Å². The molecule has 8 nitrogen and oxygen atoms in total. The van der Waals surface area contributed by atoms with Crippen LogP contribution in [-0.2, 0) is 0 Å². The third kappa shape index (κ3) is 4.71. The first-order chi connectivity index (χ1) is 16.7. The Morgan fingerprint density at radius 2 is 1.00 bits per heavy atom. The van der Waals surface area contributed by atoms with E-state index in [1.165, 1.54) is 12.2 Å². The summed E-state index contributed by atoms with van der Waals surface area (Å²) in [5, 5.41) is 6.12. The highest BCUT2D eigenvalue weighted by Gasteiger charge is 2.16.